The Balaban J connectivity index is 1.71. The first-order valence-electron chi connectivity index (χ1n) is 10.8. The van der Waals surface area contributed by atoms with Crippen molar-refractivity contribution in [2.24, 2.45) is 5.73 Å². The third kappa shape index (κ3) is 4.91. The molecule has 10 heteroatoms. The molecule has 0 saturated carbocycles. The van der Waals surface area contributed by atoms with Crippen LogP contribution in [0.1, 0.15) is 0 Å². The minimum atomic E-state index is -0.113. The number of fused-ring (bicyclic) bond motifs is 1. The van der Waals surface area contributed by atoms with E-state index in [0.717, 1.165) is 27.8 Å². The number of ether oxygens (including phenoxy) is 2. The van der Waals surface area contributed by atoms with Gasteiger partial charge in [0.05, 0.1) is 37.6 Å². The van der Waals surface area contributed by atoms with E-state index in [4.69, 9.17) is 20.2 Å². The van der Waals surface area contributed by atoms with Gasteiger partial charge in [0.15, 0.2) is 5.82 Å². The van der Waals surface area contributed by atoms with E-state index in [1.54, 1.807) is 38.3 Å². The van der Waals surface area contributed by atoms with Gasteiger partial charge in [-0.15, -0.1) is 0 Å². The van der Waals surface area contributed by atoms with Gasteiger partial charge in [-0.2, -0.15) is 5.10 Å². The second-order valence-electron chi connectivity index (χ2n) is 7.54. The Labute approximate surface area is 197 Å². The Morgan fingerprint density at radius 1 is 1.06 bits per heavy atom. The first-order valence-corrected chi connectivity index (χ1v) is 10.8. The lowest BCUT2D eigenvalue weighted by Crippen LogP contribution is -2.25. The largest absolute Gasteiger partial charge is 0.497 e. The number of benzene rings is 2. The average molecular weight is 462 g/mol. The number of nitrogens with two attached hydrogens (primary N) is 1. The number of hydrogen-bond donors (Lipinski definition) is 2. The highest BCUT2D eigenvalue weighted by atomic mass is 16.5. The number of methoxy groups -OCH3 is 2. The molecular weight excluding hydrogens is 434 g/mol. The fourth-order valence-corrected chi connectivity index (χ4v) is 3.59. The van der Waals surface area contributed by atoms with Gasteiger partial charge < -0.3 is 25.4 Å². The Bertz CT molecular complexity index is 1280. The highest BCUT2D eigenvalue weighted by molar-refractivity contribution is 5.83. The molecule has 0 aliphatic carbocycles. The normalized spacial score (nSPS) is 10.8. The zero-order valence-corrected chi connectivity index (χ0v) is 19.4. The van der Waals surface area contributed by atoms with Gasteiger partial charge in [-0.3, -0.25) is 14.5 Å². The molecule has 2 aromatic heterocycles. The van der Waals surface area contributed by atoms with Crippen molar-refractivity contribution in [3.05, 3.63) is 55.0 Å². The standard InChI is InChI=1S/C24H27N7O3/c1-26-24(32)15-30-14-17(12-28-30)16-4-5-21-22(8-16)29-23(13-27-21)31(7-6-25)18-9-19(33-2)11-20(10-18)34-3/h4-5,8-14H,6-7,15,25H2,1-3H3,(H,26,32). The van der Waals surface area contributed by atoms with Crippen LogP contribution in [0, 0.1) is 0 Å². The van der Waals surface area contributed by atoms with Gasteiger partial charge in [0.2, 0.25) is 5.91 Å². The lowest BCUT2D eigenvalue weighted by molar-refractivity contribution is -0.121. The molecule has 0 fully saturated rings. The van der Waals surface area contributed by atoms with Crippen molar-refractivity contribution in [3.8, 4) is 22.6 Å². The summed E-state index contributed by atoms with van der Waals surface area (Å²) in [6, 6.07) is 11.5. The number of carbonyl (C=O) groups is 1. The molecule has 4 aromatic rings. The molecule has 0 bridgehead atoms. The molecule has 0 atom stereocenters. The quantitative estimate of drug-likeness (QED) is 0.390. The summed E-state index contributed by atoms with van der Waals surface area (Å²) in [5, 5.41) is 6.87. The molecule has 0 spiro atoms. The summed E-state index contributed by atoms with van der Waals surface area (Å²) in [6.07, 6.45) is 5.28. The topological polar surface area (TPSA) is 120 Å². The van der Waals surface area contributed by atoms with Crippen LogP contribution >= 0.6 is 0 Å². The molecule has 0 radical (unpaired) electrons. The Morgan fingerprint density at radius 3 is 2.50 bits per heavy atom. The maximum absolute atomic E-state index is 11.6. The second-order valence-corrected chi connectivity index (χ2v) is 7.54. The van der Waals surface area contributed by atoms with E-state index in [-0.39, 0.29) is 12.5 Å². The van der Waals surface area contributed by atoms with Crippen LogP contribution in [0.4, 0.5) is 11.5 Å². The van der Waals surface area contributed by atoms with Gasteiger partial charge in [0, 0.05) is 55.8 Å². The molecule has 1 amide bonds. The average Bonchev–Trinajstić information content (AvgIpc) is 3.34. The van der Waals surface area contributed by atoms with Gasteiger partial charge in [-0.25, -0.2) is 4.98 Å². The number of anilines is 2. The van der Waals surface area contributed by atoms with Gasteiger partial charge in [0.25, 0.3) is 0 Å². The minimum Gasteiger partial charge on any atom is -0.497 e. The van der Waals surface area contributed by atoms with E-state index >= 15 is 0 Å². The van der Waals surface area contributed by atoms with Crippen LogP contribution in [-0.4, -0.2) is 60.0 Å². The Morgan fingerprint density at radius 2 is 1.82 bits per heavy atom. The second kappa shape index (κ2) is 10.2. The fraction of sp³-hybridized carbons (Fsp3) is 0.250. The number of nitrogens with one attached hydrogen (secondary N) is 1. The molecule has 4 rings (SSSR count). The van der Waals surface area contributed by atoms with Gasteiger partial charge in [-0.05, 0) is 17.7 Å². The molecule has 2 heterocycles. The molecule has 0 saturated heterocycles. The van der Waals surface area contributed by atoms with Crippen LogP contribution in [0.2, 0.25) is 0 Å². The minimum absolute atomic E-state index is 0.113. The molecule has 34 heavy (non-hydrogen) atoms. The van der Waals surface area contributed by atoms with Gasteiger partial charge in [0.1, 0.15) is 18.0 Å². The number of hydrogen-bond acceptors (Lipinski definition) is 8. The third-order valence-corrected chi connectivity index (χ3v) is 5.36. The van der Waals surface area contributed by atoms with Crippen LogP contribution in [0.5, 0.6) is 11.5 Å². The van der Waals surface area contributed by atoms with Crippen LogP contribution in [-0.2, 0) is 11.3 Å². The zero-order valence-electron chi connectivity index (χ0n) is 19.4. The molecular formula is C24H27N7O3. The van der Waals surface area contributed by atoms with E-state index in [1.165, 1.54) is 0 Å². The summed E-state index contributed by atoms with van der Waals surface area (Å²) in [5.41, 5.74) is 10.1. The highest BCUT2D eigenvalue weighted by Gasteiger charge is 2.15. The third-order valence-electron chi connectivity index (χ3n) is 5.36. The summed E-state index contributed by atoms with van der Waals surface area (Å²) in [7, 11) is 4.82. The predicted molar refractivity (Wildman–Crippen MR) is 130 cm³/mol. The smallest absolute Gasteiger partial charge is 0.241 e. The van der Waals surface area contributed by atoms with E-state index in [0.29, 0.717) is 30.4 Å². The van der Waals surface area contributed by atoms with Crippen molar-refractivity contribution in [2.75, 3.05) is 39.3 Å². The van der Waals surface area contributed by atoms with Crippen molar-refractivity contribution >= 4 is 28.4 Å². The first kappa shape index (κ1) is 23.0. The number of amides is 1. The highest BCUT2D eigenvalue weighted by Crippen LogP contribution is 2.32. The molecule has 176 valence electrons. The maximum atomic E-state index is 11.6. The summed E-state index contributed by atoms with van der Waals surface area (Å²) in [5.74, 6) is 1.88. The molecule has 0 aliphatic rings. The SMILES string of the molecule is CNC(=O)Cn1cc(-c2ccc3ncc(N(CCN)c4cc(OC)cc(OC)c4)nc3c2)cn1. The monoisotopic (exact) mass is 461 g/mol. The lowest BCUT2D eigenvalue weighted by atomic mass is 10.1. The van der Waals surface area contributed by atoms with Gasteiger partial charge in [-0.1, -0.05) is 6.07 Å². The zero-order chi connectivity index (χ0) is 24.1. The van der Waals surface area contributed by atoms with E-state index < -0.39 is 0 Å². The number of nitrogens with zero attached hydrogens (tertiary/aromatic N) is 5. The lowest BCUT2D eigenvalue weighted by Gasteiger charge is -2.24. The van der Waals surface area contributed by atoms with E-state index in [2.05, 4.69) is 15.4 Å². The molecule has 3 N–H and O–H groups in total. The van der Waals surface area contributed by atoms with Crippen LogP contribution < -0.4 is 25.4 Å². The maximum Gasteiger partial charge on any atom is 0.241 e. The van der Waals surface area contributed by atoms with Crippen molar-refractivity contribution in [3.63, 3.8) is 0 Å². The Kier molecular flexibility index (Phi) is 6.88. The summed E-state index contributed by atoms with van der Waals surface area (Å²) in [6.45, 7) is 1.11. The van der Waals surface area contributed by atoms with Crippen molar-refractivity contribution in [2.45, 2.75) is 6.54 Å². The predicted octanol–water partition coefficient (Wildman–Crippen LogP) is 2.35. The summed E-state index contributed by atoms with van der Waals surface area (Å²) in [4.78, 5) is 23.1. The first-order chi connectivity index (χ1) is 16.5. The molecule has 2 aromatic carbocycles. The van der Waals surface area contributed by atoms with Crippen LogP contribution in [0.3, 0.4) is 0 Å². The van der Waals surface area contributed by atoms with Gasteiger partial charge >= 0.3 is 0 Å². The van der Waals surface area contributed by atoms with Crippen LogP contribution in [0.25, 0.3) is 22.2 Å². The summed E-state index contributed by atoms with van der Waals surface area (Å²) >= 11 is 0. The van der Waals surface area contributed by atoms with Crippen molar-refractivity contribution in [1.82, 2.24) is 25.1 Å². The van der Waals surface area contributed by atoms with Crippen molar-refractivity contribution < 1.29 is 14.3 Å². The summed E-state index contributed by atoms with van der Waals surface area (Å²) < 4.78 is 12.4. The number of likely N-dealkylation sites (N-methyl/N-ethyl adjacent to an activating group) is 1. The van der Waals surface area contributed by atoms with E-state index in [9.17, 15) is 4.79 Å². The Hall–Kier alpha value is -4.18. The number of carbonyl (C=O) groups excluding carboxylic acids is 1. The number of rotatable bonds is 9. The molecule has 0 unspecified atom stereocenters. The van der Waals surface area contributed by atoms with E-state index in [1.807, 2.05) is 47.5 Å². The molecule has 0 aliphatic heterocycles. The van der Waals surface area contributed by atoms with Crippen LogP contribution in [0.15, 0.2) is 55.0 Å². The molecule has 10 nitrogen and oxygen atoms in total. The fourth-order valence-electron chi connectivity index (χ4n) is 3.59. The number of aromatic nitrogens is 4. The van der Waals surface area contributed by atoms with Crippen molar-refractivity contribution in [1.29, 1.82) is 0 Å².